The van der Waals surface area contributed by atoms with Crippen molar-refractivity contribution in [2.24, 2.45) is 5.92 Å². The SMILES string of the molecule is CO[C@@H](C)C(=O)Nc1cccc(NC(=O)C(C)C)c1-c1c2nc(c(-c3ccccc3)c3ccc([nH]3)c(-c3c(NC(=O)[C@H](C)OC)cccc3NC(=O)[C@H](C)OC)c3nc(c(-c4ccccc4)c4ccc1[nH]4)C=C3)C=C2. The Balaban J connectivity index is 1.46. The molecule has 5 heterocycles. The van der Waals surface area contributed by atoms with Crippen LogP contribution in [0.3, 0.4) is 0 Å². The molecule has 3 atom stereocenters. The van der Waals surface area contributed by atoms with Crippen LogP contribution >= 0.6 is 0 Å². The fraction of sp³-hybridized carbons (Fsp3) is 0.200. The summed E-state index contributed by atoms with van der Waals surface area (Å²) in [6.45, 7) is 8.62. The lowest BCUT2D eigenvalue weighted by molar-refractivity contribution is -0.125. The molecule has 0 fully saturated rings. The van der Waals surface area contributed by atoms with Gasteiger partial charge in [-0.15, -0.1) is 0 Å². The van der Waals surface area contributed by atoms with E-state index in [0.717, 1.165) is 22.3 Å². The number of methoxy groups -OCH3 is 3. The number of hydrogen-bond acceptors (Lipinski definition) is 9. The monoisotopic (exact) mass is 1000 g/mol. The average Bonchev–Trinajstić information content (AvgIpc) is 4.29. The first kappa shape index (κ1) is 51.2. The number of H-pyrrole nitrogens is 2. The van der Waals surface area contributed by atoms with E-state index in [2.05, 4.69) is 31.2 Å². The van der Waals surface area contributed by atoms with E-state index in [1.807, 2.05) is 129 Å². The molecule has 380 valence electrons. The number of carbonyl (C=O) groups is 4. The molecule has 0 unspecified atom stereocenters. The molecule has 0 radical (unpaired) electrons. The summed E-state index contributed by atoms with van der Waals surface area (Å²) in [5.74, 6) is -1.76. The highest BCUT2D eigenvalue weighted by molar-refractivity contribution is 6.11. The molecular weight excluding hydrogens is 945 g/mol. The zero-order valence-corrected chi connectivity index (χ0v) is 42.9. The fourth-order valence-corrected chi connectivity index (χ4v) is 8.91. The van der Waals surface area contributed by atoms with Gasteiger partial charge in [-0.1, -0.05) is 86.6 Å². The van der Waals surface area contributed by atoms with Crippen molar-refractivity contribution in [2.45, 2.75) is 52.9 Å². The van der Waals surface area contributed by atoms with Crippen molar-refractivity contribution in [3.8, 4) is 44.5 Å². The van der Waals surface area contributed by atoms with Crippen molar-refractivity contribution >= 4 is 92.7 Å². The molecule has 15 nitrogen and oxygen atoms in total. The first-order chi connectivity index (χ1) is 36.3. The van der Waals surface area contributed by atoms with E-state index in [4.69, 9.17) is 24.2 Å². The summed E-state index contributed by atoms with van der Waals surface area (Å²) in [5, 5.41) is 12.4. The predicted molar refractivity (Wildman–Crippen MR) is 299 cm³/mol. The van der Waals surface area contributed by atoms with Crippen LogP contribution in [-0.2, 0) is 33.4 Å². The second-order valence-electron chi connectivity index (χ2n) is 18.4. The maximum absolute atomic E-state index is 13.7. The number of anilines is 4. The molecule has 6 N–H and O–H groups in total. The van der Waals surface area contributed by atoms with Gasteiger partial charge in [-0.05, 0) is 105 Å². The van der Waals surface area contributed by atoms with Gasteiger partial charge in [-0.2, -0.15) is 0 Å². The van der Waals surface area contributed by atoms with Gasteiger partial charge in [0.05, 0.1) is 45.5 Å². The lowest BCUT2D eigenvalue weighted by atomic mass is 9.98. The number of rotatable bonds is 15. The highest BCUT2D eigenvalue weighted by Crippen LogP contribution is 2.45. The molecule has 9 rings (SSSR count). The number of aromatic nitrogens is 4. The van der Waals surface area contributed by atoms with Crippen LogP contribution in [0.15, 0.2) is 121 Å². The van der Waals surface area contributed by atoms with Crippen molar-refractivity contribution in [1.82, 2.24) is 19.9 Å². The zero-order chi connectivity index (χ0) is 52.9. The van der Waals surface area contributed by atoms with Gasteiger partial charge in [0, 0.05) is 82.7 Å². The van der Waals surface area contributed by atoms with Gasteiger partial charge in [-0.3, -0.25) is 19.2 Å². The van der Waals surface area contributed by atoms with E-state index < -0.39 is 30.1 Å². The summed E-state index contributed by atoms with van der Waals surface area (Å²) in [6, 6.07) is 38.3. The number of ether oxygens (including phenoxy) is 3. The van der Waals surface area contributed by atoms with Crippen LogP contribution in [0, 0.1) is 5.92 Å². The number of aromatic amines is 2. The van der Waals surface area contributed by atoms with Gasteiger partial charge < -0.3 is 45.4 Å². The quantitative estimate of drug-likeness (QED) is 0.0578. The fourth-order valence-electron chi connectivity index (χ4n) is 8.91. The molecule has 0 spiro atoms. The Morgan fingerprint density at radius 1 is 0.373 bits per heavy atom. The molecule has 4 amide bonds. The number of nitrogens with zero attached hydrogens (tertiary/aromatic N) is 2. The number of fused-ring (bicyclic) bond motifs is 8. The summed E-state index contributed by atoms with van der Waals surface area (Å²) < 4.78 is 16.3. The third-order valence-electron chi connectivity index (χ3n) is 13.2. The van der Waals surface area contributed by atoms with Crippen LogP contribution in [0.4, 0.5) is 22.7 Å². The number of amides is 4. The van der Waals surface area contributed by atoms with Crippen LogP contribution < -0.4 is 21.3 Å². The minimum absolute atomic E-state index is 0.216. The van der Waals surface area contributed by atoms with Crippen molar-refractivity contribution in [3.05, 3.63) is 144 Å². The Bertz CT molecular complexity index is 3500. The molecule has 4 aromatic carbocycles. The second kappa shape index (κ2) is 22.2. The Hall–Kier alpha value is -8.76. The largest absolute Gasteiger partial charge is 0.372 e. The number of carbonyl (C=O) groups excluding carboxylic acids is 4. The minimum atomic E-state index is -0.805. The van der Waals surface area contributed by atoms with E-state index in [1.165, 1.54) is 21.3 Å². The Labute approximate surface area is 434 Å². The number of hydrogen-bond donors (Lipinski definition) is 6. The molecule has 75 heavy (non-hydrogen) atoms. The van der Waals surface area contributed by atoms with Crippen molar-refractivity contribution in [1.29, 1.82) is 0 Å². The summed E-state index contributed by atoms with van der Waals surface area (Å²) >= 11 is 0. The van der Waals surface area contributed by atoms with Crippen molar-refractivity contribution in [2.75, 3.05) is 42.6 Å². The van der Waals surface area contributed by atoms with Gasteiger partial charge in [0.25, 0.3) is 17.7 Å². The first-order valence-corrected chi connectivity index (χ1v) is 24.6. The summed E-state index contributed by atoms with van der Waals surface area (Å²) in [5.41, 5.74) is 11.9. The maximum atomic E-state index is 13.7. The van der Waals surface area contributed by atoms with Crippen LogP contribution in [0.1, 0.15) is 57.4 Å². The van der Waals surface area contributed by atoms with Crippen molar-refractivity contribution in [3.63, 3.8) is 0 Å². The van der Waals surface area contributed by atoms with Crippen LogP contribution in [0.2, 0.25) is 0 Å². The lowest BCUT2D eigenvalue weighted by Gasteiger charge is -2.20. The Morgan fingerprint density at radius 3 is 0.973 bits per heavy atom. The standard InChI is InChI=1S/C60H58N8O7/c1-33(2)57(69)65-39-21-15-22-40(66-58(70)34(3)73-6)53(39)55-47-29-25-43(61-47)51(37-17-11-9-12-18-37)45-27-31-49(63-45)56(50-32-28-46(64-50)52(38-19-13-10-14-20-38)44-26-30-48(55)62-44)54-41(67-59(71)35(4)74-7)23-16-24-42(54)68-60(72)36(5)75-8/h9-36,61,64H,1-8H3,(H,65,69)(H,66,70)(H,67,71)(H,68,72)/t34-,35-,36-/m0/s1. The normalized spacial score (nSPS) is 13.0. The van der Waals surface area contributed by atoms with E-state index >= 15 is 0 Å². The summed E-state index contributed by atoms with van der Waals surface area (Å²) in [4.78, 5) is 73.3. The highest BCUT2D eigenvalue weighted by Gasteiger charge is 2.27. The van der Waals surface area contributed by atoms with E-state index in [1.54, 1.807) is 51.1 Å². The number of benzene rings is 4. The molecule has 3 aromatic heterocycles. The van der Waals surface area contributed by atoms with Gasteiger partial charge >= 0.3 is 0 Å². The average molecular weight is 1000 g/mol. The van der Waals surface area contributed by atoms with E-state index in [9.17, 15) is 19.2 Å². The predicted octanol–water partition coefficient (Wildman–Crippen LogP) is 11.8. The molecule has 15 heteroatoms. The second-order valence-corrected chi connectivity index (χ2v) is 18.4. The molecule has 0 aliphatic carbocycles. The van der Waals surface area contributed by atoms with Gasteiger partial charge in [0.1, 0.15) is 18.3 Å². The van der Waals surface area contributed by atoms with Crippen LogP contribution in [0.25, 0.3) is 90.9 Å². The molecular formula is C60H58N8O7. The third kappa shape index (κ3) is 10.6. The topological polar surface area (TPSA) is 201 Å². The molecule has 0 saturated carbocycles. The molecule has 8 bridgehead atoms. The lowest BCUT2D eigenvalue weighted by Crippen LogP contribution is -2.28. The minimum Gasteiger partial charge on any atom is -0.372 e. The first-order valence-electron chi connectivity index (χ1n) is 24.6. The maximum Gasteiger partial charge on any atom is 0.253 e. The third-order valence-corrected chi connectivity index (χ3v) is 13.2. The molecule has 7 aromatic rings. The molecule has 2 aliphatic rings. The van der Waals surface area contributed by atoms with Crippen molar-refractivity contribution < 1.29 is 33.4 Å². The highest BCUT2D eigenvalue weighted by atomic mass is 16.5. The van der Waals surface area contributed by atoms with Gasteiger partial charge in [0.15, 0.2) is 0 Å². The van der Waals surface area contributed by atoms with Crippen LogP contribution in [0.5, 0.6) is 0 Å². The Morgan fingerprint density at radius 2 is 0.667 bits per heavy atom. The molecule has 2 aliphatic heterocycles. The van der Waals surface area contributed by atoms with E-state index in [-0.39, 0.29) is 17.7 Å². The number of nitrogens with one attached hydrogen (secondary N) is 6. The van der Waals surface area contributed by atoms with E-state index in [0.29, 0.717) is 89.8 Å². The van der Waals surface area contributed by atoms with Gasteiger partial charge in [-0.25, -0.2) is 9.97 Å². The summed E-state index contributed by atoms with van der Waals surface area (Å²) in [7, 11) is 4.40. The smallest absolute Gasteiger partial charge is 0.253 e. The molecule has 0 saturated heterocycles. The zero-order valence-electron chi connectivity index (χ0n) is 42.9. The van der Waals surface area contributed by atoms with Crippen LogP contribution in [-0.4, -0.2) is 83.2 Å². The Kier molecular flexibility index (Phi) is 15.1. The van der Waals surface area contributed by atoms with Gasteiger partial charge in [0.2, 0.25) is 5.91 Å². The summed E-state index contributed by atoms with van der Waals surface area (Å²) in [6.07, 6.45) is 5.34.